The molecule has 0 amide bonds. The highest BCUT2D eigenvalue weighted by molar-refractivity contribution is 5.71. The molecule has 0 saturated carbocycles. The first-order valence-corrected chi connectivity index (χ1v) is 6.74. The summed E-state index contributed by atoms with van der Waals surface area (Å²) in [7, 11) is 0. The molecule has 3 rings (SSSR count). The van der Waals surface area contributed by atoms with Gasteiger partial charge in [0, 0.05) is 13.0 Å². The van der Waals surface area contributed by atoms with E-state index in [1.807, 2.05) is 0 Å². The quantitative estimate of drug-likeness (QED) is 0.651. The number of imidazole rings is 1. The minimum atomic E-state index is -0.772. The van der Waals surface area contributed by atoms with Crippen LogP contribution in [0.15, 0.2) is 11.1 Å². The number of fused-ring (bicyclic) bond motifs is 1. The summed E-state index contributed by atoms with van der Waals surface area (Å²) in [5.74, 6) is 0.106. The zero-order chi connectivity index (χ0) is 15.1. The molecule has 1 fully saturated rings. The topological polar surface area (TPSA) is 128 Å². The molecule has 21 heavy (non-hydrogen) atoms. The fourth-order valence-corrected chi connectivity index (χ4v) is 2.58. The maximum atomic E-state index is 12.2. The molecule has 0 spiro atoms. The van der Waals surface area contributed by atoms with Gasteiger partial charge in [0.2, 0.25) is 5.95 Å². The van der Waals surface area contributed by atoms with E-state index < -0.39 is 18.4 Å². The Hall–Kier alpha value is -1.97. The lowest BCUT2D eigenvalue weighted by atomic mass is 10.2. The molecule has 0 bridgehead atoms. The molecule has 0 aliphatic carbocycles. The summed E-state index contributed by atoms with van der Waals surface area (Å²) in [6, 6.07) is 0. The molecule has 0 unspecified atom stereocenters. The number of aliphatic hydroxyl groups excluding tert-OH is 2. The van der Waals surface area contributed by atoms with E-state index in [4.69, 9.17) is 15.6 Å². The van der Waals surface area contributed by atoms with Crippen LogP contribution in [0.5, 0.6) is 0 Å². The van der Waals surface area contributed by atoms with Crippen molar-refractivity contribution in [3.8, 4) is 0 Å². The number of nitrogen functional groups attached to an aromatic ring is 1. The van der Waals surface area contributed by atoms with E-state index in [0.29, 0.717) is 12.2 Å². The molecule has 4 N–H and O–H groups in total. The monoisotopic (exact) mass is 295 g/mol. The summed E-state index contributed by atoms with van der Waals surface area (Å²) in [6.45, 7) is 1.93. The second kappa shape index (κ2) is 5.10. The number of ether oxygens (including phenoxy) is 1. The number of hydrogen-bond acceptors (Lipinski definition) is 7. The number of nitrogens with two attached hydrogens (primary N) is 1. The molecule has 3 heterocycles. The Bertz CT molecular complexity index is 724. The minimum absolute atomic E-state index is 0.106. The number of aliphatic hydroxyl groups is 2. The highest BCUT2D eigenvalue weighted by atomic mass is 16.5. The van der Waals surface area contributed by atoms with Crippen molar-refractivity contribution in [1.29, 1.82) is 0 Å². The van der Waals surface area contributed by atoms with Gasteiger partial charge in [0.15, 0.2) is 11.2 Å². The third kappa shape index (κ3) is 2.09. The van der Waals surface area contributed by atoms with Crippen molar-refractivity contribution in [3.05, 3.63) is 16.7 Å². The first-order chi connectivity index (χ1) is 10.1. The van der Waals surface area contributed by atoms with Gasteiger partial charge in [-0.2, -0.15) is 4.98 Å². The first-order valence-electron chi connectivity index (χ1n) is 6.74. The van der Waals surface area contributed by atoms with Crippen molar-refractivity contribution >= 4 is 17.1 Å². The lowest BCUT2D eigenvalue weighted by molar-refractivity contribution is -0.0432. The van der Waals surface area contributed by atoms with Gasteiger partial charge in [-0.3, -0.25) is 13.9 Å². The molecule has 1 aliphatic rings. The molecule has 3 atom stereocenters. The normalized spacial score (nSPS) is 25.8. The summed E-state index contributed by atoms with van der Waals surface area (Å²) >= 11 is 0. The summed E-state index contributed by atoms with van der Waals surface area (Å²) in [6.07, 6.45) is -0.234. The SMILES string of the molecule is CCn1c(N)nc2c(ncn2[C@H]2C[C@@H](O)[C@@H](CO)O2)c1=O. The molecular weight excluding hydrogens is 278 g/mol. The fraction of sp³-hybridized carbons (Fsp3) is 0.583. The number of rotatable bonds is 3. The van der Waals surface area contributed by atoms with Gasteiger partial charge in [-0.15, -0.1) is 0 Å². The third-order valence-corrected chi connectivity index (χ3v) is 3.72. The molecule has 9 nitrogen and oxygen atoms in total. The molecule has 114 valence electrons. The van der Waals surface area contributed by atoms with Crippen molar-refractivity contribution in [3.63, 3.8) is 0 Å². The average Bonchev–Trinajstić information content (AvgIpc) is 3.02. The lowest BCUT2D eigenvalue weighted by Crippen LogP contribution is -2.25. The van der Waals surface area contributed by atoms with Gasteiger partial charge >= 0.3 is 0 Å². The largest absolute Gasteiger partial charge is 0.394 e. The standard InChI is InChI=1S/C12H17N5O4/c1-2-16-11(20)9-10(15-12(16)13)17(5-14-9)8-3-6(19)7(4-18)21-8/h5-8,18-19H,2-4H2,1H3,(H2,13,15)/t6-,7-,8-/m1/s1. The number of anilines is 1. The third-order valence-electron chi connectivity index (χ3n) is 3.72. The van der Waals surface area contributed by atoms with E-state index in [0.717, 1.165) is 0 Å². The van der Waals surface area contributed by atoms with E-state index in [-0.39, 0.29) is 30.1 Å². The van der Waals surface area contributed by atoms with Gasteiger partial charge in [0.25, 0.3) is 5.56 Å². The van der Waals surface area contributed by atoms with Crippen LogP contribution in [-0.2, 0) is 11.3 Å². The van der Waals surface area contributed by atoms with E-state index >= 15 is 0 Å². The van der Waals surface area contributed by atoms with Crippen LogP contribution in [0.2, 0.25) is 0 Å². The second-order valence-corrected chi connectivity index (χ2v) is 4.96. The van der Waals surface area contributed by atoms with Crippen LogP contribution in [-0.4, -0.2) is 48.1 Å². The molecule has 1 saturated heterocycles. The van der Waals surface area contributed by atoms with E-state index in [1.54, 1.807) is 11.5 Å². The van der Waals surface area contributed by atoms with Crippen LogP contribution in [0.4, 0.5) is 5.95 Å². The zero-order valence-electron chi connectivity index (χ0n) is 11.5. The molecular formula is C12H17N5O4. The molecule has 9 heteroatoms. The summed E-state index contributed by atoms with van der Waals surface area (Å²) in [5.41, 5.74) is 6.00. The van der Waals surface area contributed by atoms with E-state index in [9.17, 15) is 9.90 Å². The maximum Gasteiger partial charge on any atom is 0.283 e. The lowest BCUT2D eigenvalue weighted by Gasteiger charge is -2.14. The van der Waals surface area contributed by atoms with Crippen molar-refractivity contribution in [2.75, 3.05) is 12.3 Å². The van der Waals surface area contributed by atoms with Crippen molar-refractivity contribution in [1.82, 2.24) is 19.1 Å². The molecule has 2 aromatic rings. The highest BCUT2D eigenvalue weighted by Crippen LogP contribution is 2.30. The minimum Gasteiger partial charge on any atom is -0.394 e. The van der Waals surface area contributed by atoms with E-state index in [2.05, 4.69) is 9.97 Å². The van der Waals surface area contributed by atoms with Crippen LogP contribution in [0.25, 0.3) is 11.2 Å². The summed E-state index contributed by atoms with van der Waals surface area (Å²) in [5, 5.41) is 18.9. The number of hydrogen-bond donors (Lipinski definition) is 3. The Morgan fingerprint density at radius 2 is 2.33 bits per heavy atom. The predicted molar refractivity (Wildman–Crippen MR) is 73.5 cm³/mol. The van der Waals surface area contributed by atoms with Crippen molar-refractivity contribution < 1.29 is 14.9 Å². The van der Waals surface area contributed by atoms with Gasteiger partial charge in [0.1, 0.15) is 12.3 Å². The Kier molecular flexibility index (Phi) is 3.40. The Balaban J connectivity index is 2.08. The Labute approximate surface area is 119 Å². The number of nitrogens with zero attached hydrogens (tertiary/aromatic N) is 4. The van der Waals surface area contributed by atoms with Gasteiger partial charge in [0.05, 0.1) is 19.0 Å². The van der Waals surface area contributed by atoms with E-state index in [1.165, 1.54) is 10.9 Å². The van der Waals surface area contributed by atoms with Crippen LogP contribution in [0.3, 0.4) is 0 Å². The zero-order valence-corrected chi connectivity index (χ0v) is 11.5. The van der Waals surface area contributed by atoms with Crippen LogP contribution < -0.4 is 11.3 Å². The van der Waals surface area contributed by atoms with Gasteiger partial charge < -0.3 is 20.7 Å². The fourth-order valence-electron chi connectivity index (χ4n) is 2.58. The highest BCUT2D eigenvalue weighted by Gasteiger charge is 2.35. The van der Waals surface area contributed by atoms with Crippen LogP contribution >= 0.6 is 0 Å². The van der Waals surface area contributed by atoms with Crippen molar-refractivity contribution in [2.24, 2.45) is 0 Å². The smallest absolute Gasteiger partial charge is 0.283 e. The molecule has 0 radical (unpaired) electrons. The first kappa shape index (κ1) is 14.0. The molecule has 0 aromatic carbocycles. The maximum absolute atomic E-state index is 12.2. The average molecular weight is 295 g/mol. The van der Waals surface area contributed by atoms with Crippen LogP contribution in [0, 0.1) is 0 Å². The van der Waals surface area contributed by atoms with Gasteiger partial charge in [-0.1, -0.05) is 0 Å². The van der Waals surface area contributed by atoms with Gasteiger partial charge in [-0.25, -0.2) is 4.98 Å². The van der Waals surface area contributed by atoms with Gasteiger partial charge in [-0.05, 0) is 6.92 Å². The second-order valence-electron chi connectivity index (χ2n) is 4.96. The molecule has 1 aliphatic heterocycles. The van der Waals surface area contributed by atoms with Crippen LogP contribution in [0.1, 0.15) is 19.6 Å². The summed E-state index contributed by atoms with van der Waals surface area (Å²) in [4.78, 5) is 20.5. The number of aromatic nitrogens is 4. The van der Waals surface area contributed by atoms with Crippen molar-refractivity contribution in [2.45, 2.75) is 38.3 Å². The Morgan fingerprint density at radius 3 is 2.95 bits per heavy atom. The molecule has 2 aromatic heterocycles. The predicted octanol–water partition coefficient (Wildman–Crippen LogP) is -1.16. The summed E-state index contributed by atoms with van der Waals surface area (Å²) < 4.78 is 8.44. The Morgan fingerprint density at radius 1 is 1.57 bits per heavy atom.